The first kappa shape index (κ1) is 18.5. The molecule has 1 spiro atoms. The lowest BCUT2D eigenvalue weighted by atomic mass is 9.74. The van der Waals surface area contributed by atoms with Crippen molar-refractivity contribution in [3.63, 3.8) is 0 Å². The number of ether oxygens (including phenoxy) is 1. The van der Waals surface area contributed by atoms with Crippen molar-refractivity contribution in [1.29, 1.82) is 0 Å². The van der Waals surface area contributed by atoms with Gasteiger partial charge < -0.3 is 15.2 Å². The molecule has 0 radical (unpaired) electrons. The molecule has 8 heteroatoms. The van der Waals surface area contributed by atoms with Gasteiger partial charge in [0.25, 0.3) is 5.91 Å². The second kappa shape index (κ2) is 6.77. The molecule has 0 unspecified atom stereocenters. The molecule has 2 aromatic heterocycles. The number of esters is 1. The number of carbonyl (C=O) groups excluding carboxylic acids is 2. The quantitative estimate of drug-likeness (QED) is 0.650. The molecule has 152 valence electrons. The summed E-state index contributed by atoms with van der Waals surface area (Å²) in [5.41, 5.74) is -0.510. The van der Waals surface area contributed by atoms with Crippen LogP contribution >= 0.6 is 0 Å². The van der Waals surface area contributed by atoms with E-state index in [1.165, 1.54) is 0 Å². The van der Waals surface area contributed by atoms with Crippen LogP contribution in [-0.2, 0) is 15.1 Å². The van der Waals surface area contributed by atoms with Gasteiger partial charge in [0.1, 0.15) is 5.60 Å². The number of nitrogens with zero attached hydrogens (tertiary/aromatic N) is 3. The molecule has 1 saturated carbocycles. The number of benzene rings is 1. The van der Waals surface area contributed by atoms with Crippen molar-refractivity contribution in [2.75, 3.05) is 5.32 Å². The summed E-state index contributed by atoms with van der Waals surface area (Å²) in [7, 11) is 0. The van der Waals surface area contributed by atoms with Gasteiger partial charge in [-0.15, -0.1) is 0 Å². The number of pyridine rings is 1. The molecule has 2 N–H and O–H groups in total. The van der Waals surface area contributed by atoms with E-state index in [2.05, 4.69) is 15.4 Å². The number of carbonyl (C=O) groups is 2. The van der Waals surface area contributed by atoms with E-state index in [1.54, 1.807) is 35.3 Å². The zero-order chi connectivity index (χ0) is 20.8. The van der Waals surface area contributed by atoms with Crippen LogP contribution in [0.3, 0.4) is 0 Å². The lowest BCUT2D eigenvalue weighted by Crippen LogP contribution is -2.49. The van der Waals surface area contributed by atoms with Crippen LogP contribution in [-0.4, -0.2) is 37.3 Å². The first-order chi connectivity index (χ1) is 14.5. The summed E-state index contributed by atoms with van der Waals surface area (Å²) in [6.45, 7) is 0. The van der Waals surface area contributed by atoms with Crippen LogP contribution in [0.1, 0.15) is 41.7 Å². The normalized spacial score (nSPS) is 25.0. The number of anilines is 1. The molecule has 2 aliphatic rings. The summed E-state index contributed by atoms with van der Waals surface area (Å²) >= 11 is 0. The molecule has 1 aliphatic heterocycles. The van der Waals surface area contributed by atoms with Crippen molar-refractivity contribution in [2.45, 2.75) is 36.9 Å². The highest BCUT2D eigenvalue weighted by molar-refractivity contribution is 5.97. The molecule has 0 bridgehead atoms. The maximum atomic E-state index is 12.8. The summed E-state index contributed by atoms with van der Waals surface area (Å²) in [5.74, 6) is -0.558. The largest absolute Gasteiger partial charge is 0.449 e. The van der Waals surface area contributed by atoms with Gasteiger partial charge in [-0.2, -0.15) is 5.10 Å². The molecule has 3 heterocycles. The second-order valence-electron chi connectivity index (χ2n) is 7.75. The van der Waals surface area contributed by atoms with Crippen molar-refractivity contribution in [3.8, 4) is 5.69 Å². The Bertz CT molecular complexity index is 1120. The van der Waals surface area contributed by atoms with Gasteiger partial charge in [-0.05, 0) is 49.9 Å². The van der Waals surface area contributed by atoms with E-state index in [4.69, 9.17) is 4.74 Å². The summed E-state index contributed by atoms with van der Waals surface area (Å²) < 4.78 is 7.29. The molecule has 5 rings (SSSR count). The number of amides is 1. The fourth-order valence-corrected chi connectivity index (χ4v) is 4.19. The Morgan fingerprint density at radius 1 is 1.07 bits per heavy atom. The number of hydrogen-bond acceptors (Lipinski definition) is 6. The van der Waals surface area contributed by atoms with Crippen LogP contribution in [0.5, 0.6) is 0 Å². The van der Waals surface area contributed by atoms with Crippen molar-refractivity contribution in [2.24, 2.45) is 0 Å². The van der Waals surface area contributed by atoms with Gasteiger partial charge >= 0.3 is 5.97 Å². The van der Waals surface area contributed by atoms with E-state index < -0.39 is 23.1 Å². The van der Waals surface area contributed by atoms with E-state index in [1.807, 2.05) is 30.3 Å². The Hall–Kier alpha value is -3.52. The number of aliphatic hydroxyl groups is 1. The van der Waals surface area contributed by atoms with Crippen LogP contribution in [0.2, 0.25) is 0 Å². The topological polar surface area (TPSA) is 106 Å². The van der Waals surface area contributed by atoms with Crippen molar-refractivity contribution >= 4 is 17.7 Å². The van der Waals surface area contributed by atoms with Gasteiger partial charge in [0.2, 0.25) is 0 Å². The minimum Gasteiger partial charge on any atom is -0.449 e. The van der Waals surface area contributed by atoms with E-state index in [0.29, 0.717) is 29.9 Å². The Morgan fingerprint density at radius 3 is 2.60 bits per heavy atom. The van der Waals surface area contributed by atoms with Crippen LogP contribution in [0.15, 0.2) is 60.9 Å². The summed E-state index contributed by atoms with van der Waals surface area (Å²) in [4.78, 5) is 29.3. The van der Waals surface area contributed by atoms with Gasteiger partial charge in [0, 0.05) is 18.5 Å². The fraction of sp³-hybridized carbons (Fsp3) is 0.273. The number of fused-ring (bicyclic) bond motifs is 2. The first-order valence-electron chi connectivity index (χ1n) is 9.83. The fourth-order valence-electron chi connectivity index (χ4n) is 4.19. The number of hydrogen-bond donors (Lipinski definition) is 2. The predicted octanol–water partition coefficient (Wildman–Crippen LogP) is 2.58. The molecule has 1 aliphatic carbocycles. The molecular weight excluding hydrogens is 384 g/mol. The molecular formula is C22H20N4O4. The highest BCUT2D eigenvalue weighted by atomic mass is 16.6. The van der Waals surface area contributed by atoms with Crippen molar-refractivity contribution in [1.82, 2.24) is 14.8 Å². The summed E-state index contributed by atoms with van der Waals surface area (Å²) in [5, 5.41) is 18.0. The second-order valence-corrected chi connectivity index (χ2v) is 7.75. The minimum absolute atomic E-state index is 0.154. The number of para-hydroxylation sites is 1. The number of nitrogens with one attached hydrogen (secondary N) is 1. The SMILES string of the molecule is O=C1OC2(CCC(O)(C(=O)Nc3ccn(-c4ccccc4)n3)CC2)c2ncccc21. The Kier molecular flexibility index (Phi) is 4.18. The van der Waals surface area contributed by atoms with Crippen LogP contribution in [0.25, 0.3) is 5.69 Å². The molecule has 1 fully saturated rings. The maximum Gasteiger partial charge on any atom is 0.341 e. The van der Waals surface area contributed by atoms with Gasteiger partial charge in [-0.25, -0.2) is 9.48 Å². The third kappa shape index (κ3) is 2.96. The summed E-state index contributed by atoms with van der Waals surface area (Å²) in [6, 6.07) is 14.6. The third-order valence-electron chi connectivity index (χ3n) is 5.91. The average molecular weight is 404 g/mol. The average Bonchev–Trinajstić information content (AvgIpc) is 3.35. The van der Waals surface area contributed by atoms with Crippen LogP contribution in [0, 0.1) is 0 Å². The molecule has 30 heavy (non-hydrogen) atoms. The maximum absolute atomic E-state index is 12.8. The predicted molar refractivity (Wildman–Crippen MR) is 107 cm³/mol. The Labute approximate surface area is 172 Å². The zero-order valence-corrected chi connectivity index (χ0v) is 16.1. The van der Waals surface area contributed by atoms with Gasteiger partial charge in [0.15, 0.2) is 11.4 Å². The highest BCUT2D eigenvalue weighted by Gasteiger charge is 2.53. The summed E-state index contributed by atoms with van der Waals surface area (Å²) in [6.07, 6.45) is 4.32. The Morgan fingerprint density at radius 2 is 1.83 bits per heavy atom. The van der Waals surface area contributed by atoms with E-state index in [9.17, 15) is 14.7 Å². The van der Waals surface area contributed by atoms with Crippen molar-refractivity contribution in [3.05, 3.63) is 72.2 Å². The monoisotopic (exact) mass is 404 g/mol. The lowest BCUT2D eigenvalue weighted by Gasteiger charge is -2.39. The minimum atomic E-state index is -1.56. The number of rotatable bonds is 3. The van der Waals surface area contributed by atoms with E-state index >= 15 is 0 Å². The third-order valence-corrected chi connectivity index (χ3v) is 5.91. The number of aromatic nitrogens is 3. The van der Waals surface area contributed by atoms with Gasteiger partial charge in [-0.1, -0.05) is 18.2 Å². The van der Waals surface area contributed by atoms with Gasteiger partial charge in [-0.3, -0.25) is 9.78 Å². The molecule has 0 saturated heterocycles. The zero-order valence-electron chi connectivity index (χ0n) is 16.1. The lowest BCUT2D eigenvalue weighted by molar-refractivity contribution is -0.144. The highest BCUT2D eigenvalue weighted by Crippen LogP contribution is 2.48. The molecule has 8 nitrogen and oxygen atoms in total. The molecule has 1 aromatic carbocycles. The molecule has 3 aromatic rings. The van der Waals surface area contributed by atoms with E-state index in [-0.39, 0.29) is 12.8 Å². The smallest absolute Gasteiger partial charge is 0.341 e. The van der Waals surface area contributed by atoms with Crippen LogP contribution < -0.4 is 5.32 Å². The van der Waals surface area contributed by atoms with Crippen LogP contribution in [0.4, 0.5) is 5.82 Å². The molecule has 0 atom stereocenters. The van der Waals surface area contributed by atoms with Crippen molar-refractivity contribution < 1.29 is 19.4 Å². The van der Waals surface area contributed by atoms with Gasteiger partial charge in [0.05, 0.1) is 16.9 Å². The standard InChI is InChI=1S/C22H20N4O4/c27-19-16-7-4-13-23-18(16)22(30-19)11-9-21(29,10-12-22)20(28)24-17-8-14-26(25-17)15-5-2-1-3-6-15/h1-8,13-14,29H,9-12H2,(H,24,25,28). The van der Waals surface area contributed by atoms with E-state index in [0.717, 1.165) is 5.69 Å². The Balaban J connectivity index is 1.29. The molecule has 1 amide bonds. The first-order valence-corrected chi connectivity index (χ1v) is 9.83.